The van der Waals surface area contributed by atoms with Crippen molar-refractivity contribution in [2.24, 2.45) is 0 Å². The van der Waals surface area contributed by atoms with Crippen molar-refractivity contribution in [2.45, 2.75) is 45.4 Å². The van der Waals surface area contributed by atoms with Gasteiger partial charge < -0.3 is 4.90 Å². The topological polar surface area (TPSA) is 3.24 Å². The van der Waals surface area contributed by atoms with E-state index in [9.17, 15) is 0 Å². The van der Waals surface area contributed by atoms with Gasteiger partial charge in [0.25, 0.3) is 0 Å². The highest BCUT2D eigenvalue weighted by Gasteiger charge is 2.38. The third kappa shape index (κ3) is 6.22. The Kier molecular flexibility index (Phi) is 8.81. The van der Waals surface area contributed by atoms with Gasteiger partial charge in [-0.25, -0.2) is 0 Å². The summed E-state index contributed by atoms with van der Waals surface area (Å²) in [6.07, 6.45) is 0. The van der Waals surface area contributed by atoms with E-state index in [4.69, 9.17) is 0 Å². The summed E-state index contributed by atoms with van der Waals surface area (Å²) in [5.41, 5.74) is 25.1. The average Bonchev–Trinajstić information content (AvgIpc) is 3.68. The Balaban J connectivity index is 0.940. The second kappa shape index (κ2) is 14.5. The molecule has 0 saturated heterocycles. The lowest BCUT2D eigenvalue weighted by molar-refractivity contribution is 0.660. The Morgan fingerprint density at radius 3 is 1.00 bits per heavy atom. The normalized spacial score (nSPS) is 13.8. The number of anilines is 3. The van der Waals surface area contributed by atoms with Crippen LogP contribution in [0.5, 0.6) is 0 Å². The predicted molar refractivity (Wildman–Crippen MR) is 263 cm³/mol. The fraction of sp³-hybridized carbons (Fsp3) is 0.115. The summed E-state index contributed by atoms with van der Waals surface area (Å²) in [5.74, 6) is 0. The Hall–Kier alpha value is -7.22. The molecule has 0 N–H and O–H groups in total. The van der Waals surface area contributed by atoms with Crippen molar-refractivity contribution in [2.75, 3.05) is 4.90 Å². The number of benzene rings is 9. The second-order valence-corrected chi connectivity index (χ2v) is 18.3. The van der Waals surface area contributed by atoms with E-state index in [-0.39, 0.29) is 10.8 Å². The van der Waals surface area contributed by atoms with Crippen molar-refractivity contribution < 1.29 is 0 Å². The third-order valence-corrected chi connectivity index (χ3v) is 13.7. The van der Waals surface area contributed by atoms with Gasteiger partial charge in [0.05, 0.1) is 0 Å². The molecule has 0 spiro atoms. The number of nitrogens with zero attached hydrogens (tertiary/aromatic N) is 1. The van der Waals surface area contributed by atoms with Crippen LogP contribution in [0.3, 0.4) is 0 Å². The molecule has 0 atom stereocenters. The molecule has 0 saturated carbocycles. The van der Waals surface area contributed by atoms with Crippen LogP contribution >= 0.6 is 0 Å². The van der Waals surface area contributed by atoms with Gasteiger partial charge in [0.15, 0.2) is 0 Å². The Morgan fingerprint density at radius 1 is 0.274 bits per heavy atom. The zero-order chi connectivity index (χ0) is 42.2. The van der Waals surface area contributed by atoms with Gasteiger partial charge in [-0.3, -0.25) is 0 Å². The van der Waals surface area contributed by atoms with E-state index in [1.54, 1.807) is 0 Å². The largest absolute Gasteiger partial charge is 0.310 e. The van der Waals surface area contributed by atoms with E-state index in [2.05, 4.69) is 246 Å². The molecule has 0 radical (unpaired) electrons. The van der Waals surface area contributed by atoms with Crippen molar-refractivity contribution in [1.29, 1.82) is 0 Å². The van der Waals surface area contributed by atoms with Crippen molar-refractivity contribution in [3.8, 4) is 66.8 Å². The zero-order valence-electron chi connectivity index (χ0n) is 36.1. The maximum absolute atomic E-state index is 2.46. The smallest absolute Gasteiger partial charge is 0.0465 e. The first-order chi connectivity index (χ1) is 30.1. The number of hydrogen-bond acceptors (Lipinski definition) is 1. The van der Waals surface area contributed by atoms with E-state index in [0.29, 0.717) is 0 Å². The van der Waals surface area contributed by atoms with Crippen LogP contribution in [0.1, 0.15) is 55.5 Å². The summed E-state index contributed by atoms with van der Waals surface area (Å²) in [5, 5.41) is 0. The summed E-state index contributed by atoms with van der Waals surface area (Å²) in [7, 11) is 0. The first-order valence-corrected chi connectivity index (χ1v) is 21.9. The molecule has 62 heavy (non-hydrogen) atoms. The average molecular weight is 796 g/mol. The highest BCUT2D eigenvalue weighted by atomic mass is 15.1. The first kappa shape index (κ1) is 37.8. The number of hydrogen-bond donors (Lipinski definition) is 0. The van der Waals surface area contributed by atoms with Crippen LogP contribution in [-0.4, -0.2) is 0 Å². The standard InChI is InChI=1S/C61H49N/c1-40-13-12-18-49(35-40)62(50-29-33-54-52-31-27-47(36-56(52)60(2,3)58(54)38-50)45-23-19-43(20-24-45)41-14-8-6-9-15-41)51-30-34-55-53-32-28-48(37-57(53)61(4,5)59(55)39-51)46-25-21-44(22-26-46)42-16-10-7-11-17-42/h6-39H,1-5H3. The molecule has 11 rings (SSSR count). The summed E-state index contributed by atoms with van der Waals surface area (Å²) in [6.45, 7) is 11.7. The summed E-state index contributed by atoms with van der Waals surface area (Å²) in [6, 6.07) is 76.6. The van der Waals surface area contributed by atoms with E-state index < -0.39 is 0 Å². The van der Waals surface area contributed by atoms with E-state index in [1.807, 2.05) is 0 Å². The molecular formula is C61H49N. The molecule has 2 aliphatic carbocycles. The molecule has 298 valence electrons. The lowest BCUT2D eigenvalue weighted by Crippen LogP contribution is -2.18. The van der Waals surface area contributed by atoms with Gasteiger partial charge in [0, 0.05) is 27.9 Å². The lowest BCUT2D eigenvalue weighted by atomic mass is 9.81. The van der Waals surface area contributed by atoms with Crippen molar-refractivity contribution in [3.63, 3.8) is 0 Å². The lowest BCUT2D eigenvalue weighted by Gasteiger charge is -2.30. The van der Waals surface area contributed by atoms with Crippen LogP contribution in [0.15, 0.2) is 206 Å². The third-order valence-electron chi connectivity index (χ3n) is 13.7. The van der Waals surface area contributed by atoms with Crippen LogP contribution in [-0.2, 0) is 10.8 Å². The highest BCUT2D eigenvalue weighted by molar-refractivity contribution is 5.90. The molecule has 0 unspecified atom stereocenters. The van der Waals surface area contributed by atoms with Crippen molar-refractivity contribution >= 4 is 17.1 Å². The maximum Gasteiger partial charge on any atom is 0.0465 e. The fourth-order valence-corrected chi connectivity index (χ4v) is 10.3. The quantitative estimate of drug-likeness (QED) is 0.155. The minimum absolute atomic E-state index is 0.180. The van der Waals surface area contributed by atoms with Crippen molar-refractivity contribution in [3.05, 3.63) is 234 Å². The van der Waals surface area contributed by atoms with Crippen LogP contribution in [0.25, 0.3) is 66.8 Å². The summed E-state index contributed by atoms with van der Waals surface area (Å²) < 4.78 is 0. The van der Waals surface area contributed by atoms with Crippen molar-refractivity contribution in [1.82, 2.24) is 0 Å². The molecule has 9 aromatic rings. The van der Waals surface area contributed by atoms with Crippen LogP contribution in [0.4, 0.5) is 17.1 Å². The Bertz CT molecular complexity index is 2960. The minimum atomic E-state index is -0.180. The highest BCUT2D eigenvalue weighted by Crippen LogP contribution is 2.54. The molecule has 1 nitrogen and oxygen atoms in total. The Labute approximate surface area is 366 Å². The van der Waals surface area contributed by atoms with Gasteiger partial charge in [0.1, 0.15) is 0 Å². The predicted octanol–water partition coefficient (Wildman–Crippen LogP) is 16.7. The summed E-state index contributed by atoms with van der Waals surface area (Å²) >= 11 is 0. The molecule has 9 aromatic carbocycles. The molecule has 0 bridgehead atoms. The van der Waals surface area contributed by atoms with E-state index >= 15 is 0 Å². The molecule has 0 aromatic heterocycles. The number of fused-ring (bicyclic) bond motifs is 6. The molecule has 0 aliphatic heterocycles. The molecule has 1 heteroatoms. The first-order valence-electron chi connectivity index (χ1n) is 21.9. The maximum atomic E-state index is 2.46. The van der Waals surface area contributed by atoms with E-state index in [1.165, 1.54) is 106 Å². The second-order valence-electron chi connectivity index (χ2n) is 18.3. The van der Waals surface area contributed by atoms with Gasteiger partial charge >= 0.3 is 0 Å². The fourth-order valence-electron chi connectivity index (χ4n) is 10.3. The number of rotatable bonds is 7. The minimum Gasteiger partial charge on any atom is -0.310 e. The molecule has 2 aliphatic rings. The van der Waals surface area contributed by atoms with Crippen LogP contribution in [0.2, 0.25) is 0 Å². The van der Waals surface area contributed by atoms with Gasteiger partial charge in [-0.15, -0.1) is 0 Å². The van der Waals surface area contributed by atoms with Gasteiger partial charge in [-0.05, 0) is 150 Å². The van der Waals surface area contributed by atoms with Gasteiger partial charge in [-0.1, -0.05) is 185 Å². The monoisotopic (exact) mass is 795 g/mol. The van der Waals surface area contributed by atoms with Crippen LogP contribution < -0.4 is 4.90 Å². The molecular weight excluding hydrogens is 747 g/mol. The SMILES string of the molecule is Cc1cccc(N(c2ccc3c(c2)C(C)(C)c2cc(-c4ccc(-c5ccccc5)cc4)ccc2-3)c2ccc3c(c2)C(C)(C)c2cc(-c4ccc(-c5ccccc5)cc4)ccc2-3)c1. The van der Waals surface area contributed by atoms with Crippen LogP contribution in [0, 0.1) is 6.92 Å². The van der Waals surface area contributed by atoms with Gasteiger partial charge in [0.2, 0.25) is 0 Å². The Morgan fingerprint density at radius 2 is 0.597 bits per heavy atom. The van der Waals surface area contributed by atoms with Gasteiger partial charge in [-0.2, -0.15) is 0 Å². The van der Waals surface area contributed by atoms with E-state index in [0.717, 1.165) is 5.69 Å². The molecule has 0 heterocycles. The number of aryl methyl sites for hydroxylation is 1. The zero-order valence-corrected chi connectivity index (χ0v) is 36.1. The molecule has 0 amide bonds. The molecule has 0 fully saturated rings. The summed E-state index contributed by atoms with van der Waals surface area (Å²) in [4.78, 5) is 2.46.